The van der Waals surface area contributed by atoms with Crippen LogP contribution in [0.4, 0.5) is 0 Å². The molecule has 3 aromatic rings. The van der Waals surface area contributed by atoms with Gasteiger partial charge in [0.15, 0.2) is 0 Å². The number of hydrogen-bond acceptors (Lipinski definition) is 4. The molecule has 4 rings (SSSR count). The lowest BCUT2D eigenvalue weighted by Crippen LogP contribution is -2.36. The molecular formula is C28H33N3O2. The number of unbranched alkanes of at least 4 members (excludes halogenated alkanes) is 1. The predicted molar refractivity (Wildman–Crippen MR) is 132 cm³/mol. The number of hydrogen-bond donors (Lipinski definition) is 1. The fraction of sp³-hybridized carbons (Fsp3) is 0.357. The van der Waals surface area contributed by atoms with Crippen molar-refractivity contribution in [1.29, 1.82) is 0 Å². The molecule has 0 radical (unpaired) electrons. The van der Waals surface area contributed by atoms with Crippen molar-refractivity contribution in [3.63, 3.8) is 0 Å². The summed E-state index contributed by atoms with van der Waals surface area (Å²) in [6.45, 7) is 5.40. The van der Waals surface area contributed by atoms with Gasteiger partial charge < -0.3 is 10.1 Å². The molecule has 2 aromatic carbocycles. The van der Waals surface area contributed by atoms with Crippen LogP contribution in [0.15, 0.2) is 72.9 Å². The molecule has 1 aliphatic heterocycles. The van der Waals surface area contributed by atoms with Gasteiger partial charge in [0.25, 0.3) is 5.91 Å². The first-order chi connectivity index (χ1) is 16.3. The van der Waals surface area contributed by atoms with Crippen LogP contribution in [0, 0.1) is 0 Å². The Morgan fingerprint density at radius 2 is 1.64 bits per heavy atom. The molecule has 1 aliphatic rings. The maximum atomic E-state index is 12.8. The van der Waals surface area contributed by atoms with Crippen molar-refractivity contribution < 1.29 is 9.53 Å². The van der Waals surface area contributed by atoms with Crippen molar-refractivity contribution in [3.8, 4) is 11.1 Å². The quantitative estimate of drug-likeness (QED) is 0.473. The van der Waals surface area contributed by atoms with E-state index in [0.29, 0.717) is 12.1 Å². The van der Waals surface area contributed by atoms with Crippen LogP contribution < -0.4 is 5.32 Å². The molecule has 1 amide bonds. The Balaban J connectivity index is 1.23. The predicted octanol–water partition coefficient (Wildman–Crippen LogP) is 4.38. The van der Waals surface area contributed by atoms with Gasteiger partial charge in [-0.15, -0.1) is 0 Å². The topological polar surface area (TPSA) is 54.5 Å². The summed E-state index contributed by atoms with van der Waals surface area (Å²) < 4.78 is 5.41. The van der Waals surface area contributed by atoms with Gasteiger partial charge in [0.1, 0.15) is 0 Å². The molecule has 0 saturated carbocycles. The molecule has 0 unspecified atom stereocenters. The van der Waals surface area contributed by atoms with Gasteiger partial charge in [0.2, 0.25) is 0 Å². The Morgan fingerprint density at radius 3 is 2.42 bits per heavy atom. The number of ether oxygens (including phenoxy) is 1. The number of carbonyl (C=O) groups is 1. The molecule has 0 atom stereocenters. The second-order valence-electron chi connectivity index (χ2n) is 8.48. The van der Waals surface area contributed by atoms with Gasteiger partial charge in [-0.3, -0.25) is 14.7 Å². The number of pyridine rings is 1. The van der Waals surface area contributed by atoms with E-state index in [4.69, 9.17) is 4.74 Å². The van der Waals surface area contributed by atoms with Gasteiger partial charge in [-0.2, -0.15) is 0 Å². The minimum atomic E-state index is -0.0350. The lowest BCUT2D eigenvalue weighted by atomic mass is 10.0. The van der Waals surface area contributed by atoms with Crippen LogP contribution in [0.3, 0.4) is 0 Å². The maximum Gasteiger partial charge on any atom is 0.253 e. The van der Waals surface area contributed by atoms with Crippen molar-refractivity contribution in [2.75, 3.05) is 39.4 Å². The fourth-order valence-corrected chi connectivity index (χ4v) is 4.21. The van der Waals surface area contributed by atoms with E-state index in [1.807, 2.05) is 18.2 Å². The Bertz CT molecular complexity index is 999. The number of rotatable bonds is 10. The van der Waals surface area contributed by atoms with E-state index in [2.05, 4.69) is 63.7 Å². The summed E-state index contributed by atoms with van der Waals surface area (Å²) in [5.74, 6) is -0.0350. The van der Waals surface area contributed by atoms with Gasteiger partial charge in [-0.05, 0) is 61.1 Å². The first kappa shape index (κ1) is 23.1. The summed E-state index contributed by atoms with van der Waals surface area (Å²) in [7, 11) is 0. The third-order valence-electron chi connectivity index (χ3n) is 6.14. The van der Waals surface area contributed by atoms with Gasteiger partial charge in [-0.25, -0.2) is 0 Å². The molecule has 33 heavy (non-hydrogen) atoms. The lowest BCUT2D eigenvalue weighted by Gasteiger charge is -2.26. The van der Waals surface area contributed by atoms with Gasteiger partial charge in [-0.1, -0.05) is 54.6 Å². The van der Waals surface area contributed by atoms with Crippen LogP contribution in [0.5, 0.6) is 0 Å². The highest BCUT2D eigenvalue weighted by atomic mass is 16.5. The molecule has 2 heterocycles. The molecule has 0 bridgehead atoms. The van der Waals surface area contributed by atoms with E-state index in [0.717, 1.165) is 64.2 Å². The van der Waals surface area contributed by atoms with E-state index in [1.165, 1.54) is 16.7 Å². The highest BCUT2D eigenvalue weighted by Crippen LogP contribution is 2.19. The van der Waals surface area contributed by atoms with Gasteiger partial charge >= 0.3 is 0 Å². The number of benzene rings is 2. The van der Waals surface area contributed by atoms with Crippen LogP contribution in [0.2, 0.25) is 0 Å². The highest BCUT2D eigenvalue weighted by molar-refractivity contribution is 5.95. The first-order valence-corrected chi connectivity index (χ1v) is 12.0. The maximum absolute atomic E-state index is 12.8. The lowest BCUT2D eigenvalue weighted by molar-refractivity contribution is 0.0372. The zero-order valence-electron chi connectivity index (χ0n) is 19.2. The smallest absolute Gasteiger partial charge is 0.253 e. The number of nitrogens with one attached hydrogen (secondary N) is 1. The summed E-state index contributed by atoms with van der Waals surface area (Å²) in [6, 6.07) is 22.6. The second-order valence-corrected chi connectivity index (χ2v) is 8.48. The van der Waals surface area contributed by atoms with Crippen molar-refractivity contribution in [3.05, 3.63) is 89.7 Å². The summed E-state index contributed by atoms with van der Waals surface area (Å²) in [5, 5.41) is 3.08. The number of aromatic nitrogens is 1. The Hall–Kier alpha value is -3.02. The monoisotopic (exact) mass is 443 g/mol. The SMILES string of the molecule is O=C(NCCc1ccc(-c2ccccc2)cc1)c1cccnc1CCCCN1CCOCC1. The summed E-state index contributed by atoms with van der Waals surface area (Å²) in [5.41, 5.74) is 5.22. The standard InChI is InChI=1S/C28H33N3O2/c32-28(30-17-15-23-11-13-25(14-12-23)24-7-2-1-3-8-24)26-9-6-16-29-27(26)10-4-5-18-31-19-21-33-22-20-31/h1-3,6-9,11-14,16H,4-5,10,15,17-22H2,(H,30,32). The van der Waals surface area contributed by atoms with Crippen LogP contribution in [0.1, 0.15) is 34.5 Å². The minimum Gasteiger partial charge on any atom is -0.379 e. The third-order valence-corrected chi connectivity index (χ3v) is 6.14. The normalized spacial score (nSPS) is 14.2. The highest BCUT2D eigenvalue weighted by Gasteiger charge is 2.13. The largest absolute Gasteiger partial charge is 0.379 e. The second kappa shape index (κ2) is 12.3. The Morgan fingerprint density at radius 1 is 0.879 bits per heavy atom. The molecule has 172 valence electrons. The van der Waals surface area contributed by atoms with Gasteiger partial charge in [0.05, 0.1) is 24.5 Å². The Kier molecular flexibility index (Phi) is 8.62. The van der Waals surface area contributed by atoms with Crippen LogP contribution >= 0.6 is 0 Å². The molecule has 1 fully saturated rings. The number of aryl methyl sites for hydroxylation is 1. The molecule has 1 saturated heterocycles. The zero-order valence-corrected chi connectivity index (χ0v) is 19.2. The number of carbonyl (C=O) groups excluding carboxylic acids is 1. The molecular weight excluding hydrogens is 410 g/mol. The molecule has 5 heteroatoms. The average molecular weight is 444 g/mol. The van der Waals surface area contributed by atoms with E-state index in [-0.39, 0.29) is 5.91 Å². The van der Waals surface area contributed by atoms with Crippen LogP contribution in [0.25, 0.3) is 11.1 Å². The van der Waals surface area contributed by atoms with E-state index < -0.39 is 0 Å². The molecule has 0 aliphatic carbocycles. The van der Waals surface area contributed by atoms with Crippen LogP contribution in [-0.2, 0) is 17.6 Å². The number of nitrogens with zero attached hydrogens (tertiary/aromatic N) is 2. The molecule has 0 spiro atoms. The molecule has 5 nitrogen and oxygen atoms in total. The Labute approximate surface area is 196 Å². The van der Waals surface area contributed by atoms with Crippen molar-refractivity contribution in [2.45, 2.75) is 25.7 Å². The first-order valence-electron chi connectivity index (χ1n) is 12.0. The van der Waals surface area contributed by atoms with E-state index in [9.17, 15) is 4.79 Å². The zero-order chi connectivity index (χ0) is 22.7. The molecule has 1 N–H and O–H groups in total. The van der Waals surface area contributed by atoms with Crippen molar-refractivity contribution in [1.82, 2.24) is 15.2 Å². The summed E-state index contributed by atoms with van der Waals surface area (Å²) in [4.78, 5) is 19.7. The summed E-state index contributed by atoms with van der Waals surface area (Å²) >= 11 is 0. The number of morpholine rings is 1. The molecule has 1 aromatic heterocycles. The number of amides is 1. The van der Waals surface area contributed by atoms with Crippen molar-refractivity contribution >= 4 is 5.91 Å². The summed E-state index contributed by atoms with van der Waals surface area (Å²) in [6.07, 6.45) is 5.55. The average Bonchev–Trinajstić information content (AvgIpc) is 2.88. The fourth-order valence-electron chi connectivity index (χ4n) is 4.21. The van der Waals surface area contributed by atoms with E-state index in [1.54, 1.807) is 6.20 Å². The van der Waals surface area contributed by atoms with Crippen LogP contribution in [-0.4, -0.2) is 55.2 Å². The van der Waals surface area contributed by atoms with E-state index >= 15 is 0 Å². The third kappa shape index (κ3) is 6.98. The van der Waals surface area contributed by atoms with Gasteiger partial charge in [0, 0.05) is 25.8 Å². The van der Waals surface area contributed by atoms with Crippen molar-refractivity contribution in [2.24, 2.45) is 0 Å². The minimum absolute atomic E-state index is 0.0350.